The minimum atomic E-state index is -0.688. The SMILES string of the molecule is CC(CN(C)C)NC(=O)NCC1CCC(C(=O)O)CC1. The first-order valence-corrected chi connectivity index (χ1v) is 7.30. The molecule has 1 saturated carbocycles. The molecule has 1 atom stereocenters. The standard InChI is InChI=1S/C14H27N3O3/c1-10(9-17(2)3)16-14(20)15-8-11-4-6-12(7-5-11)13(18)19/h10-12H,4-9H2,1-3H3,(H,18,19)(H2,15,16,20). The van der Waals surface area contributed by atoms with Gasteiger partial charge >= 0.3 is 12.0 Å². The zero-order valence-corrected chi connectivity index (χ0v) is 12.7. The van der Waals surface area contributed by atoms with Gasteiger partial charge in [0.25, 0.3) is 0 Å². The fraction of sp³-hybridized carbons (Fsp3) is 0.857. The molecule has 0 aromatic carbocycles. The molecule has 1 unspecified atom stereocenters. The van der Waals surface area contributed by atoms with E-state index in [1.807, 2.05) is 25.9 Å². The third-order valence-electron chi connectivity index (χ3n) is 3.76. The number of carbonyl (C=O) groups is 2. The van der Waals surface area contributed by atoms with Gasteiger partial charge in [0.1, 0.15) is 0 Å². The van der Waals surface area contributed by atoms with E-state index in [0.717, 1.165) is 32.2 Å². The highest BCUT2D eigenvalue weighted by atomic mass is 16.4. The minimum Gasteiger partial charge on any atom is -0.481 e. The monoisotopic (exact) mass is 285 g/mol. The third-order valence-corrected chi connectivity index (χ3v) is 3.76. The number of carbonyl (C=O) groups excluding carboxylic acids is 1. The molecule has 20 heavy (non-hydrogen) atoms. The number of urea groups is 1. The third kappa shape index (κ3) is 6.23. The number of carboxylic acids is 1. The van der Waals surface area contributed by atoms with Gasteiger partial charge in [-0.25, -0.2) is 4.79 Å². The van der Waals surface area contributed by atoms with Gasteiger partial charge in [-0.05, 0) is 52.6 Å². The molecule has 0 aromatic heterocycles. The van der Waals surface area contributed by atoms with Crippen LogP contribution in [0, 0.1) is 11.8 Å². The van der Waals surface area contributed by atoms with Crippen molar-refractivity contribution in [2.24, 2.45) is 11.8 Å². The predicted octanol–water partition coefficient (Wildman–Crippen LogP) is 1.13. The summed E-state index contributed by atoms with van der Waals surface area (Å²) in [6.07, 6.45) is 3.20. The second-order valence-electron chi connectivity index (χ2n) is 6.07. The van der Waals surface area contributed by atoms with Crippen molar-refractivity contribution >= 4 is 12.0 Å². The lowest BCUT2D eigenvalue weighted by Crippen LogP contribution is -2.46. The van der Waals surface area contributed by atoms with Gasteiger partial charge in [0.15, 0.2) is 0 Å². The highest BCUT2D eigenvalue weighted by Crippen LogP contribution is 2.28. The van der Waals surface area contributed by atoms with E-state index in [9.17, 15) is 9.59 Å². The highest BCUT2D eigenvalue weighted by molar-refractivity contribution is 5.74. The minimum absolute atomic E-state index is 0.104. The summed E-state index contributed by atoms with van der Waals surface area (Å²) in [5.74, 6) is -0.479. The fourth-order valence-corrected chi connectivity index (χ4v) is 2.72. The Labute approximate surface area is 120 Å². The topological polar surface area (TPSA) is 81.7 Å². The maximum absolute atomic E-state index is 11.7. The second kappa shape index (κ2) is 8.09. The van der Waals surface area contributed by atoms with Gasteiger partial charge in [0.05, 0.1) is 5.92 Å². The molecule has 0 heterocycles. The zero-order chi connectivity index (χ0) is 15.1. The Bertz CT molecular complexity index is 326. The molecular weight excluding hydrogens is 258 g/mol. The van der Waals surface area contributed by atoms with E-state index < -0.39 is 5.97 Å². The van der Waals surface area contributed by atoms with Gasteiger partial charge in [-0.15, -0.1) is 0 Å². The van der Waals surface area contributed by atoms with Crippen LogP contribution in [0.2, 0.25) is 0 Å². The Morgan fingerprint density at radius 2 is 1.85 bits per heavy atom. The molecule has 3 N–H and O–H groups in total. The first kappa shape index (κ1) is 16.8. The van der Waals surface area contributed by atoms with E-state index >= 15 is 0 Å². The smallest absolute Gasteiger partial charge is 0.315 e. The molecule has 1 rings (SSSR count). The number of likely N-dealkylation sites (N-methyl/N-ethyl adjacent to an activating group) is 1. The van der Waals surface area contributed by atoms with Crippen LogP contribution in [0.1, 0.15) is 32.6 Å². The Morgan fingerprint density at radius 1 is 1.25 bits per heavy atom. The summed E-state index contributed by atoms with van der Waals surface area (Å²) in [7, 11) is 3.94. The quantitative estimate of drug-likeness (QED) is 0.683. The van der Waals surface area contributed by atoms with Gasteiger partial charge < -0.3 is 20.6 Å². The van der Waals surface area contributed by atoms with Crippen molar-refractivity contribution in [1.82, 2.24) is 15.5 Å². The fourth-order valence-electron chi connectivity index (χ4n) is 2.72. The maximum atomic E-state index is 11.7. The lowest BCUT2D eigenvalue weighted by molar-refractivity contribution is -0.143. The zero-order valence-electron chi connectivity index (χ0n) is 12.7. The van der Waals surface area contributed by atoms with E-state index in [4.69, 9.17) is 5.11 Å². The van der Waals surface area contributed by atoms with E-state index in [1.165, 1.54) is 0 Å². The molecule has 0 bridgehead atoms. The van der Waals surface area contributed by atoms with Crippen LogP contribution in [0.4, 0.5) is 4.79 Å². The van der Waals surface area contributed by atoms with Crippen molar-refractivity contribution in [1.29, 1.82) is 0 Å². The van der Waals surface area contributed by atoms with Crippen molar-refractivity contribution < 1.29 is 14.7 Å². The molecule has 0 saturated heterocycles. The van der Waals surface area contributed by atoms with Crippen molar-refractivity contribution in [2.75, 3.05) is 27.2 Å². The van der Waals surface area contributed by atoms with E-state index in [2.05, 4.69) is 10.6 Å². The largest absolute Gasteiger partial charge is 0.481 e. The summed E-state index contributed by atoms with van der Waals surface area (Å²) >= 11 is 0. The van der Waals surface area contributed by atoms with Crippen LogP contribution >= 0.6 is 0 Å². The first-order chi connectivity index (χ1) is 9.38. The molecule has 1 aliphatic rings. The lowest BCUT2D eigenvalue weighted by Gasteiger charge is -2.26. The highest BCUT2D eigenvalue weighted by Gasteiger charge is 2.26. The Balaban J connectivity index is 2.17. The van der Waals surface area contributed by atoms with Crippen LogP contribution in [-0.2, 0) is 4.79 Å². The number of hydrogen-bond donors (Lipinski definition) is 3. The van der Waals surface area contributed by atoms with Crippen molar-refractivity contribution in [2.45, 2.75) is 38.6 Å². The summed E-state index contributed by atoms with van der Waals surface area (Å²) < 4.78 is 0. The molecule has 0 aromatic rings. The number of nitrogens with one attached hydrogen (secondary N) is 2. The number of rotatable bonds is 6. The second-order valence-corrected chi connectivity index (χ2v) is 6.07. The van der Waals surface area contributed by atoms with Crippen LogP contribution in [0.25, 0.3) is 0 Å². The Kier molecular flexibility index (Phi) is 6.78. The molecule has 6 nitrogen and oxygen atoms in total. The first-order valence-electron chi connectivity index (χ1n) is 7.30. The summed E-state index contributed by atoms with van der Waals surface area (Å²) in [4.78, 5) is 24.6. The lowest BCUT2D eigenvalue weighted by atomic mass is 9.82. The Morgan fingerprint density at radius 3 is 2.35 bits per heavy atom. The Hall–Kier alpha value is -1.30. The number of nitrogens with zero attached hydrogens (tertiary/aromatic N) is 1. The summed E-state index contributed by atoms with van der Waals surface area (Å²) in [5.41, 5.74) is 0. The molecule has 0 spiro atoms. The average Bonchev–Trinajstić information content (AvgIpc) is 2.35. The van der Waals surface area contributed by atoms with Gasteiger partial charge in [-0.1, -0.05) is 0 Å². The van der Waals surface area contributed by atoms with Crippen LogP contribution < -0.4 is 10.6 Å². The van der Waals surface area contributed by atoms with Crippen molar-refractivity contribution in [3.05, 3.63) is 0 Å². The van der Waals surface area contributed by atoms with Crippen LogP contribution in [0.15, 0.2) is 0 Å². The molecule has 6 heteroatoms. The van der Waals surface area contributed by atoms with Gasteiger partial charge in [-0.3, -0.25) is 4.79 Å². The van der Waals surface area contributed by atoms with Crippen molar-refractivity contribution in [3.63, 3.8) is 0 Å². The van der Waals surface area contributed by atoms with Crippen LogP contribution in [0.5, 0.6) is 0 Å². The van der Waals surface area contributed by atoms with E-state index in [0.29, 0.717) is 12.5 Å². The van der Waals surface area contributed by atoms with Gasteiger partial charge in [0.2, 0.25) is 0 Å². The summed E-state index contributed by atoms with van der Waals surface area (Å²) in [6, 6.07) is -0.0348. The maximum Gasteiger partial charge on any atom is 0.315 e. The molecule has 0 radical (unpaired) electrons. The van der Waals surface area contributed by atoms with Gasteiger partial charge in [0, 0.05) is 19.1 Å². The van der Waals surface area contributed by atoms with Crippen LogP contribution in [-0.4, -0.2) is 55.2 Å². The van der Waals surface area contributed by atoms with Gasteiger partial charge in [-0.2, -0.15) is 0 Å². The molecule has 0 aliphatic heterocycles. The van der Waals surface area contributed by atoms with Crippen LogP contribution in [0.3, 0.4) is 0 Å². The molecule has 116 valence electrons. The predicted molar refractivity (Wildman–Crippen MR) is 77.6 cm³/mol. The molecule has 1 fully saturated rings. The number of carboxylic acid groups (broad SMARTS) is 1. The van der Waals surface area contributed by atoms with E-state index in [-0.39, 0.29) is 18.0 Å². The van der Waals surface area contributed by atoms with E-state index in [1.54, 1.807) is 0 Å². The van der Waals surface area contributed by atoms with Crippen molar-refractivity contribution in [3.8, 4) is 0 Å². The summed E-state index contributed by atoms with van der Waals surface area (Å²) in [5, 5.41) is 14.7. The number of hydrogen-bond acceptors (Lipinski definition) is 3. The summed E-state index contributed by atoms with van der Waals surface area (Å²) in [6.45, 7) is 3.40. The normalized spacial score (nSPS) is 24.2. The molecular formula is C14H27N3O3. The number of amides is 2. The average molecular weight is 285 g/mol. The number of aliphatic carboxylic acids is 1. The molecule has 1 aliphatic carbocycles. The molecule has 2 amide bonds.